The van der Waals surface area contributed by atoms with Gasteiger partial charge in [0.1, 0.15) is 23.4 Å². The second-order valence-corrected chi connectivity index (χ2v) is 9.56. The van der Waals surface area contributed by atoms with Gasteiger partial charge >= 0.3 is 0 Å². The van der Waals surface area contributed by atoms with Crippen LogP contribution in [0.5, 0.6) is 11.5 Å². The van der Waals surface area contributed by atoms with E-state index in [0.717, 1.165) is 60.6 Å². The van der Waals surface area contributed by atoms with Crippen LogP contribution in [-0.4, -0.2) is 53.1 Å². The highest BCUT2D eigenvalue weighted by Crippen LogP contribution is 2.37. The van der Waals surface area contributed by atoms with Crippen LogP contribution in [-0.2, 0) is 6.42 Å². The number of fused-ring (bicyclic) bond motifs is 1. The molecule has 1 aliphatic rings. The third kappa shape index (κ3) is 4.95. The standard InChI is InChI=1S/C29H31N5O3/c1-3-37-25-14-26(28-23(16-30)18-32-34(28)19-25)22-6-9-27(31-17-22)33-12-10-29(20-35,11-13-33)15-21-4-7-24(36-2)8-5-21/h4-9,14,17-19,35H,3,10-13,15,20H2,1-2H3. The maximum Gasteiger partial charge on any atom is 0.138 e. The van der Waals surface area contributed by atoms with E-state index in [0.29, 0.717) is 17.9 Å². The van der Waals surface area contributed by atoms with Gasteiger partial charge in [0.05, 0.1) is 37.2 Å². The Morgan fingerprint density at radius 2 is 1.86 bits per heavy atom. The molecule has 0 amide bonds. The van der Waals surface area contributed by atoms with Crippen molar-refractivity contribution in [1.29, 1.82) is 5.26 Å². The highest BCUT2D eigenvalue weighted by Gasteiger charge is 2.34. The summed E-state index contributed by atoms with van der Waals surface area (Å²) in [5.74, 6) is 2.44. The molecule has 0 saturated carbocycles. The SMILES string of the molecule is CCOc1cc(-c2ccc(N3CCC(CO)(Cc4ccc(OC)cc4)CC3)nc2)c2c(C#N)cnn2c1. The monoisotopic (exact) mass is 497 g/mol. The van der Waals surface area contributed by atoms with Crippen molar-refractivity contribution in [1.82, 2.24) is 14.6 Å². The first kappa shape index (κ1) is 24.6. The molecule has 1 aromatic carbocycles. The fraction of sp³-hybridized carbons (Fsp3) is 0.345. The van der Waals surface area contributed by atoms with Crippen molar-refractivity contribution in [3.05, 3.63) is 72.2 Å². The number of benzene rings is 1. The molecule has 4 aromatic rings. The number of aliphatic hydroxyl groups is 1. The van der Waals surface area contributed by atoms with Gasteiger partial charge in [0.25, 0.3) is 0 Å². The van der Waals surface area contributed by atoms with Crippen LogP contribution in [0.15, 0.2) is 61.1 Å². The molecule has 0 aliphatic carbocycles. The average Bonchev–Trinajstić information content (AvgIpc) is 3.37. The van der Waals surface area contributed by atoms with E-state index in [-0.39, 0.29) is 12.0 Å². The van der Waals surface area contributed by atoms with E-state index in [1.807, 2.05) is 43.5 Å². The van der Waals surface area contributed by atoms with Crippen molar-refractivity contribution in [2.45, 2.75) is 26.2 Å². The van der Waals surface area contributed by atoms with Gasteiger partial charge in [-0.25, -0.2) is 9.50 Å². The molecule has 8 heteroatoms. The minimum Gasteiger partial charge on any atom is -0.497 e. The number of ether oxygens (including phenoxy) is 2. The number of aromatic nitrogens is 3. The van der Waals surface area contributed by atoms with E-state index in [9.17, 15) is 10.4 Å². The molecule has 0 radical (unpaired) electrons. The van der Waals surface area contributed by atoms with Crippen molar-refractivity contribution in [3.63, 3.8) is 0 Å². The lowest BCUT2D eigenvalue weighted by Gasteiger charge is -2.41. The summed E-state index contributed by atoms with van der Waals surface area (Å²) < 4.78 is 12.7. The molecule has 37 heavy (non-hydrogen) atoms. The predicted molar refractivity (Wildman–Crippen MR) is 142 cm³/mol. The van der Waals surface area contributed by atoms with E-state index < -0.39 is 0 Å². The van der Waals surface area contributed by atoms with E-state index in [4.69, 9.17) is 14.5 Å². The highest BCUT2D eigenvalue weighted by atomic mass is 16.5. The first-order valence-corrected chi connectivity index (χ1v) is 12.6. The number of aliphatic hydroxyl groups excluding tert-OH is 1. The number of hydrogen-bond donors (Lipinski definition) is 1. The van der Waals surface area contributed by atoms with Crippen LogP contribution in [0.3, 0.4) is 0 Å². The van der Waals surface area contributed by atoms with Crippen LogP contribution in [0.2, 0.25) is 0 Å². The maximum absolute atomic E-state index is 10.3. The zero-order valence-corrected chi connectivity index (χ0v) is 21.2. The Bertz CT molecular complexity index is 1400. The lowest BCUT2D eigenvalue weighted by Crippen LogP contribution is -2.43. The Labute approximate surface area is 216 Å². The fourth-order valence-electron chi connectivity index (χ4n) is 5.15. The Balaban J connectivity index is 1.33. The Kier molecular flexibility index (Phi) is 6.97. The smallest absolute Gasteiger partial charge is 0.138 e. The summed E-state index contributed by atoms with van der Waals surface area (Å²) in [5.41, 5.74) is 4.08. The van der Waals surface area contributed by atoms with Gasteiger partial charge < -0.3 is 19.5 Å². The van der Waals surface area contributed by atoms with E-state index >= 15 is 0 Å². The Morgan fingerprint density at radius 3 is 2.49 bits per heavy atom. The molecular formula is C29H31N5O3. The number of piperidine rings is 1. The molecule has 0 bridgehead atoms. The molecule has 8 nitrogen and oxygen atoms in total. The number of pyridine rings is 2. The first-order valence-electron chi connectivity index (χ1n) is 12.6. The molecule has 3 aromatic heterocycles. The number of hydrogen-bond acceptors (Lipinski definition) is 7. The quantitative estimate of drug-likeness (QED) is 0.383. The third-order valence-electron chi connectivity index (χ3n) is 7.30. The van der Waals surface area contributed by atoms with Crippen LogP contribution in [0.4, 0.5) is 5.82 Å². The van der Waals surface area contributed by atoms with Crippen LogP contribution < -0.4 is 14.4 Å². The minimum atomic E-state index is -0.133. The Morgan fingerprint density at radius 1 is 1.08 bits per heavy atom. The second-order valence-electron chi connectivity index (χ2n) is 9.56. The molecule has 1 N–H and O–H groups in total. The van der Waals surface area contributed by atoms with Crippen LogP contribution in [0.1, 0.15) is 30.9 Å². The van der Waals surface area contributed by atoms with Crippen molar-refractivity contribution in [3.8, 4) is 28.7 Å². The summed E-state index contributed by atoms with van der Waals surface area (Å²) >= 11 is 0. The molecule has 1 saturated heterocycles. The maximum atomic E-state index is 10.3. The highest BCUT2D eigenvalue weighted by molar-refractivity contribution is 5.85. The number of anilines is 1. The van der Waals surface area contributed by atoms with Crippen LogP contribution in [0, 0.1) is 16.7 Å². The summed E-state index contributed by atoms with van der Waals surface area (Å²) in [6, 6.07) is 16.3. The van der Waals surface area contributed by atoms with Gasteiger partial charge in [0.15, 0.2) is 0 Å². The van der Waals surface area contributed by atoms with Gasteiger partial charge in [-0.05, 0) is 62.1 Å². The molecule has 190 valence electrons. The Hall–Kier alpha value is -4.09. The number of nitrogens with zero attached hydrogens (tertiary/aromatic N) is 5. The molecule has 4 heterocycles. The zero-order valence-electron chi connectivity index (χ0n) is 21.2. The molecule has 0 unspecified atom stereocenters. The zero-order chi connectivity index (χ0) is 25.8. The summed E-state index contributed by atoms with van der Waals surface area (Å²) in [5, 5.41) is 24.2. The lowest BCUT2D eigenvalue weighted by atomic mass is 9.74. The van der Waals surface area contributed by atoms with E-state index in [2.05, 4.69) is 28.2 Å². The first-order chi connectivity index (χ1) is 18.1. The second kappa shape index (κ2) is 10.5. The van der Waals surface area contributed by atoms with Gasteiger partial charge in [-0.3, -0.25) is 0 Å². The summed E-state index contributed by atoms with van der Waals surface area (Å²) in [4.78, 5) is 7.05. The van der Waals surface area contributed by atoms with Crippen LogP contribution >= 0.6 is 0 Å². The lowest BCUT2D eigenvalue weighted by molar-refractivity contribution is 0.0961. The fourth-order valence-corrected chi connectivity index (χ4v) is 5.15. The summed E-state index contributed by atoms with van der Waals surface area (Å²) in [6.07, 6.45) is 7.82. The largest absolute Gasteiger partial charge is 0.497 e. The van der Waals surface area contributed by atoms with Gasteiger partial charge in [0, 0.05) is 42.4 Å². The van der Waals surface area contributed by atoms with E-state index in [1.54, 1.807) is 24.0 Å². The van der Waals surface area contributed by atoms with Gasteiger partial charge in [-0.1, -0.05) is 12.1 Å². The van der Waals surface area contributed by atoms with Crippen molar-refractivity contribution >= 4 is 11.3 Å². The van der Waals surface area contributed by atoms with Gasteiger partial charge in [-0.2, -0.15) is 10.4 Å². The predicted octanol–water partition coefficient (Wildman–Crippen LogP) is 4.50. The molecule has 1 aliphatic heterocycles. The number of rotatable bonds is 8. The third-order valence-corrected chi connectivity index (χ3v) is 7.30. The number of methoxy groups -OCH3 is 1. The summed E-state index contributed by atoms with van der Waals surface area (Å²) in [7, 11) is 1.67. The molecule has 5 rings (SSSR count). The molecule has 1 fully saturated rings. The van der Waals surface area contributed by atoms with Crippen LogP contribution in [0.25, 0.3) is 16.6 Å². The molecular weight excluding hydrogens is 466 g/mol. The van der Waals surface area contributed by atoms with Gasteiger partial charge in [-0.15, -0.1) is 0 Å². The normalized spacial score (nSPS) is 14.9. The van der Waals surface area contributed by atoms with E-state index in [1.165, 1.54) is 5.56 Å². The molecule has 0 spiro atoms. The van der Waals surface area contributed by atoms with Gasteiger partial charge in [0.2, 0.25) is 0 Å². The molecule has 0 atom stereocenters. The van der Waals surface area contributed by atoms with Crippen molar-refractivity contribution in [2.75, 3.05) is 38.3 Å². The van der Waals surface area contributed by atoms with Crippen molar-refractivity contribution < 1.29 is 14.6 Å². The summed E-state index contributed by atoms with van der Waals surface area (Å²) in [6.45, 7) is 4.29. The number of nitriles is 1. The minimum absolute atomic E-state index is 0.133. The van der Waals surface area contributed by atoms with Crippen molar-refractivity contribution in [2.24, 2.45) is 5.41 Å². The average molecular weight is 498 g/mol. The topological polar surface area (TPSA) is 95.9 Å².